The van der Waals surface area contributed by atoms with Gasteiger partial charge in [-0.3, -0.25) is 9.59 Å². The SMILES string of the molecule is C[C@@H]1CC[C@@H](CC(=O)O)[C@H]1C(=O)O. The van der Waals surface area contributed by atoms with Crippen LogP contribution in [0.2, 0.25) is 0 Å². The van der Waals surface area contributed by atoms with Gasteiger partial charge < -0.3 is 10.2 Å². The molecule has 1 fully saturated rings. The maximum absolute atomic E-state index is 10.8. The Labute approximate surface area is 76.6 Å². The lowest BCUT2D eigenvalue weighted by Gasteiger charge is -2.16. The molecule has 1 rings (SSSR count). The topological polar surface area (TPSA) is 74.6 Å². The molecule has 0 heterocycles. The lowest BCUT2D eigenvalue weighted by Crippen LogP contribution is -2.24. The van der Waals surface area contributed by atoms with Gasteiger partial charge in [0.15, 0.2) is 0 Å². The van der Waals surface area contributed by atoms with Crippen LogP contribution in [0.5, 0.6) is 0 Å². The van der Waals surface area contributed by atoms with Crippen LogP contribution >= 0.6 is 0 Å². The fourth-order valence-corrected chi connectivity index (χ4v) is 2.20. The van der Waals surface area contributed by atoms with E-state index in [2.05, 4.69) is 0 Å². The van der Waals surface area contributed by atoms with Crippen LogP contribution in [0.1, 0.15) is 26.2 Å². The molecule has 3 atom stereocenters. The molecule has 0 amide bonds. The Bertz CT molecular complexity index is 224. The maximum Gasteiger partial charge on any atom is 0.307 e. The first-order chi connectivity index (χ1) is 6.02. The van der Waals surface area contributed by atoms with Crippen LogP contribution in [0.15, 0.2) is 0 Å². The second kappa shape index (κ2) is 3.77. The van der Waals surface area contributed by atoms with Crippen molar-refractivity contribution >= 4 is 11.9 Å². The van der Waals surface area contributed by atoms with E-state index >= 15 is 0 Å². The summed E-state index contributed by atoms with van der Waals surface area (Å²) in [6, 6.07) is 0. The summed E-state index contributed by atoms with van der Waals surface area (Å²) in [6.07, 6.45) is 1.54. The molecule has 0 aromatic heterocycles. The van der Waals surface area contributed by atoms with Crippen LogP contribution < -0.4 is 0 Å². The third kappa shape index (κ3) is 2.20. The average molecular weight is 186 g/mol. The minimum Gasteiger partial charge on any atom is -0.481 e. The standard InChI is InChI=1S/C9H14O4/c1-5-2-3-6(4-7(10)11)8(5)9(12)13/h5-6,8H,2-4H2,1H3,(H,10,11)(H,12,13)/t5-,6+,8+/m1/s1. The summed E-state index contributed by atoms with van der Waals surface area (Å²) in [5.74, 6) is -2.27. The van der Waals surface area contributed by atoms with Crippen molar-refractivity contribution < 1.29 is 19.8 Å². The highest BCUT2D eigenvalue weighted by Crippen LogP contribution is 2.38. The van der Waals surface area contributed by atoms with Crippen LogP contribution in [0.25, 0.3) is 0 Å². The largest absolute Gasteiger partial charge is 0.481 e. The fraction of sp³-hybridized carbons (Fsp3) is 0.778. The first-order valence-corrected chi connectivity index (χ1v) is 4.47. The lowest BCUT2D eigenvalue weighted by molar-refractivity contribution is -0.145. The molecule has 0 radical (unpaired) electrons. The van der Waals surface area contributed by atoms with E-state index < -0.39 is 17.9 Å². The van der Waals surface area contributed by atoms with Gasteiger partial charge in [0.25, 0.3) is 0 Å². The predicted octanol–water partition coefficient (Wildman–Crippen LogP) is 1.21. The van der Waals surface area contributed by atoms with Gasteiger partial charge in [0.05, 0.1) is 5.92 Å². The van der Waals surface area contributed by atoms with E-state index in [4.69, 9.17) is 10.2 Å². The molecule has 74 valence electrons. The van der Waals surface area contributed by atoms with Crippen LogP contribution in [0.4, 0.5) is 0 Å². The number of carboxylic acids is 2. The van der Waals surface area contributed by atoms with Crippen molar-refractivity contribution in [3.63, 3.8) is 0 Å². The summed E-state index contributed by atoms with van der Waals surface area (Å²) in [5, 5.41) is 17.4. The Morgan fingerprint density at radius 1 is 1.31 bits per heavy atom. The van der Waals surface area contributed by atoms with Crippen molar-refractivity contribution in [2.75, 3.05) is 0 Å². The van der Waals surface area contributed by atoms with Crippen LogP contribution in [-0.4, -0.2) is 22.2 Å². The van der Waals surface area contributed by atoms with E-state index in [-0.39, 0.29) is 18.3 Å². The molecule has 1 saturated carbocycles. The number of rotatable bonds is 3. The first kappa shape index (κ1) is 10.0. The van der Waals surface area contributed by atoms with Gasteiger partial charge in [0.2, 0.25) is 0 Å². The van der Waals surface area contributed by atoms with Crippen molar-refractivity contribution in [3.8, 4) is 0 Å². The first-order valence-electron chi connectivity index (χ1n) is 4.47. The summed E-state index contributed by atoms with van der Waals surface area (Å²) in [5.41, 5.74) is 0. The number of carbonyl (C=O) groups is 2. The van der Waals surface area contributed by atoms with Gasteiger partial charge in [-0.25, -0.2) is 0 Å². The number of hydrogen-bond donors (Lipinski definition) is 2. The molecule has 0 aromatic carbocycles. The predicted molar refractivity (Wildman–Crippen MR) is 45.3 cm³/mol. The van der Waals surface area contributed by atoms with Gasteiger partial charge in [-0.1, -0.05) is 6.92 Å². The summed E-state index contributed by atoms with van der Waals surface area (Å²) in [7, 11) is 0. The molecule has 0 unspecified atom stereocenters. The highest BCUT2D eigenvalue weighted by Gasteiger charge is 2.39. The number of hydrogen-bond acceptors (Lipinski definition) is 2. The van der Waals surface area contributed by atoms with E-state index in [1.807, 2.05) is 6.92 Å². The van der Waals surface area contributed by atoms with Crippen LogP contribution in [-0.2, 0) is 9.59 Å². The Kier molecular flexibility index (Phi) is 2.90. The maximum atomic E-state index is 10.8. The van der Waals surface area contributed by atoms with E-state index in [9.17, 15) is 9.59 Å². The van der Waals surface area contributed by atoms with E-state index in [0.29, 0.717) is 0 Å². The van der Waals surface area contributed by atoms with Crippen molar-refractivity contribution in [2.45, 2.75) is 26.2 Å². The Morgan fingerprint density at radius 2 is 1.92 bits per heavy atom. The molecule has 0 saturated heterocycles. The molecule has 0 aromatic rings. The summed E-state index contributed by atoms with van der Waals surface area (Å²) in [4.78, 5) is 21.2. The highest BCUT2D eigenvalue weighted by molar-refractivity contribution is 5.73. The zero-order chi connectivity index (χ0) is 10.0. The normalized spacial score (nSPS) is 33.2. The summed E-state index contributed by atoms with van der Waals surface area (Å²) < 4.78 is 0. The van der Waals surface area contributed by atoms with Gasteiger partial charge in [0.1, 0.15) is 0 Å². The molecular weight excluding hydrogens is 172 g/mol. The van der Waals surface area contributed by atoms with Crippen molar-refractivity contribution in [3.05, 3.63) is 0 Å². The highest BCUT2D eigenvalue weighted by atomic mass is 16.4. The van der Waals surface area contributed by atoms with Gasteiger partial charge in [-0.15, -0.1) is 0 Å². The molecular formula is C9H14O4. The molecule has 0 aliphatic heterocycles. The fourth-order valence-electron chi connectivity index (χ4n) is 2.20. The molecule has 13 heavy (non-hydrogen) atoms. The second-order valence-electron chi connectivity index (χ2n) is 3.78. The van der Waals surface area contributed by atoms with Gasteiger partial charge >= 0.3 is 11.9 Å². The third-order valence-electron chi connectivity index (χ3n) is 2.84. The molecule has 0 bridgehead atoms. The summed E-state index contributed by atoms with van der Waals surface area (Å²) in [6.45, 7) is 1.88. The molecule has 1 aliphatic rings. The minimum absolute atomic E-state index is 0.0126. The number of carboxylic acid groups (broad SMARTS) is 2. The molecule has 4 nitrogen and oxygen atoms in total. The van der Waals surface area contributed by atoms with Gasteiger partial charge in [0, 0.05) is 6.42 Å². The zero-order valence-electron chi connectivity index (χ0n) is 7.56. The molecule has 1 aliphatic carbocycles. The van der Waals surface area contributed by atoms with Crippen LogP contribution in [0, 0.1) is 17.8 Å². The van der Waals surface area contributed by atoms with Crippen molar-refractivity contribution in [1.82, 2.24) is 0 Å². The van der Waals surface area contributed by atoms with E-state index in [0.717, 1.165) is 12.8 Å². The van der Waals surface area contributed by atoms with Crippen LogP contribution in [0.3, 0.4) is 0 Å². The zero-order valence-corrected chi connectivity index (χ0v) is 7.56. The average Bonchev–Trinajstić information content (AvgIpc) is 2.30. The second-order valence-corrected chi connectivity index (χ2v) is 3.78. The van der Waals surface area contributed by atoms with E-state index in [1.54, 1.807) is 0 Å². The Hall–Kier alpha value is -1.06. The Balaban J connectivity index is 2.64. The third-order valence-corrected chi connectivity index (χ3v) is 2.84. The van der Waals surface area contributed by atoms with Gasteiger partial charge in [-0.05, 0) is 24.7 Å². The molecule has 4 heteroatoms. The quantitative estimate of drug-likeness (QED) is 0.694. The van der Waals surface area contributed by atoms with E-state index in [1.165, 1.54) is 0 Å². The Morgan fingerprint density at radius 3 is 2.38 bits per heavy atom. The lowest BCUT2D eigenvalue weighted by atomic mass is 9.88. The van der Waals surface area contributed by atoms with Crippen molar-refractivity contribution in [1.29, 1.82) is 0 Å². The molecule has 0 spiro atoms. The van der Waals surface area contributed by atoms with Crippen molar-refractivity contribution in [2.24, 2.45) is 17.8 Å². The molecule has 2 N–H and O–H groups in total. The monoisotopic (exact) mass is 186 g/mol. The minimum atomic E-state index is -0.898. The smallest absolute Gasteiger partial charge is 0.307 e. The summed E-state index contributed by atoms with van der Waals surface area (Å²) >= 11 is 0. The number of aliphatic carboxylic acids is 2. The van der Waals surface area contributed by atoms with Gasteiger partial charge in [-0.2, -0.15) is 0 Å².